The number of rotatable bonds is 1. The summed E-state index contributed by atoms with van der Waals surface area (Å²) in [5.41, 5.74) is 11.3. The fourth-order valence-corrected chi connectivity index (χ4v) is 8.28. The molecule has 0 amide bonds. The summed E-state index contributed by atoms with van der Waals surface area (Å²) in [6, 6.07) is 1.32. The van der Waals surface area contributed by atoms with Gasteiger partial charge in [-0.3, -0.25) is 0 Å². The largest absolute Gasteiger partial charge is 0.414 e. The SMILES string of the molecule is C[Si]1(C)CCC(C(N)N)O[Si]1(C)C. The van der Waals surface area contributed by atoms with Crippen LogP contribution in [0.4, 0.5) is 0 Å². The molecule has 1 aliphatic heterocycles. The minimum absolute atomic E-state index is 0.113. The van der Waals surface area contributed by atoms with E-state index in [-0.39, 0.29) is 12.3 Å². The van der Waals surface area contributed by atoms with Gasteiger partial charge in [0.05, 0.1) is 19.9 Å². The van der Waals surface area contributed by atoms with Gasteiger partial charge < -0.3 is 15.9 Å². The number of nitrogens with two attached hydrogens (primary N) is 2. The van der Waals surface area contributed by atoms with Gasteiger partial charge in [0, 0.05) is 0 Å². The zero-order valence-corrected chi connectivity index (χ0v) is 11.1. The minimum Gasteiger partial charge on any atom is -0.414 e. The number of hydrogen-bond acceptors (Lipinski definition) is 3. The molecule has 0 aromatic carbocycles. The van der Waals surface area contributed by atoms with Gasteiger partial charge in [0.25, 0.3) is 0 Å². The van der Waals surface area contributed by atoms with Crippen molar-refractivity contribution in [1.29, 1.82) is 0 Å². The molecule has 1 heterocycles. The van der Waals surface area contributed by atoms with Crippen LogP contribution in [0.15, 0.2) is 0 Å². The maximum atomic E-state index is 6.10. The van der Waals surface area contributed by atoms with E-state index in [2.05, 4.69) is 26.2 Å². The molecule has 0 aromatic rings. The van der Waals surface area contributed by atoms with Crippen LogP contribution in [0.25, 0.3) is 0 Å². The first-order valence-electron chi connectivity index (χ1n) is 4.95. The minimum atomic E-state index is -1.47. The van der Waals surface area contributed by atoms with Crippen LogP contribution < -0.4 is 11.5 Å². The molecule has 13 heavy (non-hydrogen) atoms. The molecule has 1 rings (SSSR count). The molecular formula is C8H22N2OSi2. The summed E-state index contributed by atoms with van der Waals surface area (Å²) >= 11 is 0. The van der Waals surface area contributed by atoms with E-state index in [1.807, 2.05) is 0 Å². The summed E-state index contributed by atoms with van der Waals surface area (Å²) in [4.78, 5) is 0. The van der Waals surface area contributed by atoms with Gasteiger partial charge in [0.1, 0.15) is 0 Å². The Morgan fingerprint density at radius 3 is 2.15 bits per heavy atom. The Bertz CT molecular complexity index is 195. The Labute approximate surface area is 82.8 Å². The van der Waals surface area contributed by atoms with Crippen molar-refractivity contribution < 1.29 is 4.43 Å². The fourth-order valence-electron chi connectivity index (χ4n) is 1.67. The predicted octanol–water partition coefficient (Wildman–Crippen LogP) is 1.01. The maximum absolute atomic E-state index is 6.10. The highest BCUT2D eigenvalue weighted by molar-refractivity contribution is 7.38. The van der Waals surface area contributed by atoms with Crippen molar-refractivity contribution in [1.82, 2.24) is 0 Å². The quantitative estimate of drug-likeness (QED) is 0.510. The molecule has 0 aromatic heterocycles. The zero-order chi connectivity index (χ0) is 10.3. The molecule has 1 atom stereocenters. The van der Waals surface area contributed by atoms with Crippen molar-refractivity contribution in [2.75, 3.05) is 0 Å². The molecule has 0 aliphatic carbocycles. The van der Waals surface area contributed by atoms with Gasteiger partial charge in [-0.2, -0.15) is 0 Å². The Balaban J connectivity index is 2.71. The lowest BCUT2D eigenvalue weighted by Crippen LogP contribution is -2.65. The van der Waals surface area contributed by atoms with Gasteiger partial charge in [-0.05, 0) is 19.5 Å². The van der Waals surface area contributed by atoms with E-state index in [0.29, 0.717) is 0 Å². The van der Waals surface area contributed by atoms with Crippen LogP contribution >= 0.6 is 0 Å². The summed E-state index contributed by atoms with van der Waals surface area (Å²) in [7, 11) is -2.57. The summed E-state index contributed by atoms with van der Waals surface area (Å²) in [5.74, 6) is 0. The molecule has 5 heteroatoms. The zero-order valence-electron chi connectivity index (χ0n) is 9.13. The molecule has 0 bridgehead atoms. The van der Waals surface area contributed by atoms with Gasteiger partial charge in [0.15, 0.2) is 7.83 Å². The molecule has 0 spiro atoms. The van der Waals surface area contributed by atoms with Crippen LogP contribution in [0.1, 0.15) is 6.42 Å². The smallest absolute Gasteiger partial charge is 0.174 e. The fraction of sp³-hybridized carbons (Fsp3) is 1.00. The van der Waals surface area contributed by atoms with E-state index in [9.17, 15) is 0 Å². The molecule has 0 saturated carbocycles. The van der Waals surface area contributed by atoms with Crippen molar-refractivity contribution >= 4 is 15.4 Å². The topological polar surface area (TPSA) is 61.3 Å². The lowest BCUT2D eigenvalue weighted by atomic mass is 10.2. The van der Waals surface area contributed by atoms with Crippen molar-refractivity contribution in [2.24, 2.45) is 11.5 Å². The highest BCUT2D eigenvalue weighted by Crippen LogP contribution is 2.33. The molecule has 3 nitrogen and oxygen atoms in total. The standard InChI is InChI=1S/C8H22N2OSi2/c1-12(2)6-5-7(8(9)10)11-13(12,3)4/h7-8H,5-6,9-10H2,1-4H3. The average molecular weight is 218 g/mol. The van der Waals surface area contributed by atoms with E-state index < -0.39 is 15.4 Å². The number of hydrogen-bond donors (Lipinski definition) is 2. The highest BCUT2D eigenvalue weighted by Gasteiger charge is 2.48. The first-order chi connectivity index (χ1) is 5.76. The van der Waals surface area contributed by atoms with Crippen LogP contribution in [-0.4, -0.2) is 27.7 Å². The van der Waals surface area contributed by atoms with Crippen LogP contribution in [0, 0.1) is 0 Å². The maximum Gasteiger partial charge on any atom is 0.174 e. The monoisotopic (exact) mass is 218 g/mol. The van der Waals surface area contributed by atoms with E-state index in [4.69, 9.17) is 15.9 Å². The molecule has 4 N–H and O–H groups in total. The van der Waals surface area contributed by atoms with Crippen LogP contribution in [0.3, 0.4) is 0 Å². The molecule has 1 fully saturated rings. The van der Waals surface area contributed by atoms with E-state index >= 15 is 0 Å². The van der Waals surface area contributed by atoms with Gasteiger partial charge in [-0.15, -0.1) is 0 Å². The molecule has 1 unspecified atom stereocenters. The van der Waals surface area contributed by atoms with Crippen LogP contribution in [-0.2, 0) is 4.43 Å². The third kappa shape index (κ3) is 2.22. The second-order valence-electron chi connectivity index (χ2n) is 5.17. The Morgan fingerprint density at radius 1 is 1.23 bits per heavy atom. The third-order valence-corrected chi connectivity index (χ3v) is 20.1. The first-order valence-corrected chi connectivity index (χ1v) is 12.1. The predicted molar refractivity (Wildman–Crippen MR) is 61.4 cm³/mol. The van der Waals surface area contributed by atoms with Gasteiger partial charge >= 0.3 is 0 Å². The lowest BCUT2D eigenvalue weighted by molar-refractivity contribution is 0.157. The molecular weight excluding hydrogens is 196 g/mol. The van der Waals surface area contributed by atoms with Crippen molar-refractivity contribution in [3.63, 3.8) is 0 Å². The Hall–Kier alpha value is 0.314. The van der Waals surface area contributed by atoms with E-state index in [1.54, 1.807) is 0 Å². The van der Waals surface area contributed by atoms with Crippen LogP contribution in [0.5, 0.6) is 0 Å². The second kappa shape index (κ2) is 3.47. The van der Waals surface area contributed by atoms with Crippen molar-refractivity contribution in [3.8, 4) is 0 Å². The van der Waals surface area contributed by atoms with Crippen LogP contribution in [0.2, 0.25) is 32.2 Å². The highest BCUT2D eigenvalue weighted by atomic mass is 29.3. The third-order valence-electron chi connectivity index (χ3n) is 3.56. The van der Waals surface area contributed by atoms with Crippen molar-refractivity contribution in [3.05, 3.63) is 0 Å². The Kier molecular flexibility index (Phi) is 3.04. The first kappa shape index (κ1) is 11.4. The molecule has 78 valence electrons. The van der Waals surface area contributed by atoms with Gasteiger partial charge in [-0.1, -0.05) is 19.1 Å². The summed E-state index contributed by atoms with van der Waals surface area (Å²) in [5, 5.41) is 0. The summed E-state index contributed by atoms with van der Waals surface area (Å²) in [6.07, 6.45) is 0.881. The lowest BCUT2D eigenvalue weighted by Gasteiger charge is -2.46. The average Bonchev–Trinajstić information content (AvgIpc) is 1.94. The molecule has 1 aliphatic rings. The summed E-state index contributed by atoms with van der Waals surface area (Å²) < 4.78 is 6.10. The van der Waals surface area contributed by atoms with Crippen molar-refractivity contribution in [2.45, 2.75) is 50.9 Å². The van der Waals surface area contributed by atoms with E-state index in [0.717, 1.165) is 6.42 Å². The normalized spacial score (nSPS) is 32.1. The Morgan fingerprint density at radius 2 is 1.77 bits per heavy atom. The molecule has 1 saturated heterocycles. The second-order valence-corrected chi connectivity index (χ2v) is 20.4. The van der Waals surface area contributed by atoms with Gasteiger partial charge in [-0.25, -0.2) is 0 Å². The van der Waals surface area contributed by atoms with Gasteiger partial charge in [0.2, 0.25) is 0 Å². The molecule has 0 radical (unpaired) electrons. The summed E-state index contributed by atoms with van der Waals surface area (Å²) in [6.45, 7) is 9.48. The van der Waals surface area contributed by atoms with E-state index in [1.165, 1.54) is 6.04 Å².